The zero-order valence-electron chi connectivity index (χ0n) is 13.1. The van der Waals surface area contributed by atoms with Crippen molar-refractivity contribution in [2.45, 2.75) is 24.9 Å². The van der Waals surface area contributed by atoms with Gasteiger partial charge in [-0.2, -0.15) is 0 Å². The number of nitrogens with zero attached hydrogens (tertiary/aromatic N) is 2. The van der Waals surface area contributed by atoms with Crippen LogP contribution < -0.4 is 4.72 Å². The van der Waals surface area contributed by atoms with Crippen molar-refractivity contribution < 1.29 is 8.42 Å². The molecule has 1 aromatic heterocycles. The van der Waals surface area contributed by atoms with Crippen LogP contribution in [0.2, 0.25) is 0 Å². The molecular weight excluding hydrogens is 298 g/mol. The average Bonchev–Trinajstić information content (AvgIpc) is 2.50. The molecule has 1 heterocycles. The number of aromatic nitrogens is 1. The quantitative estimate of drug-likeness (QED) is 0.884. The Balaban J connectivity index is 2.03. The summed E-state index contributed by atoms with van der Waals surface area (Å²) in [6.07, 6.45) is 1.80. The summed E-state index contributed by atoms with van der Waals surface area (Å²) >= 11 is 0. The molecule has 0 aliphatic heterocycles. The van der Waals surface area contributed by atoms with E-state index in [9.17, 15) is 8.42 Å². The first-order valence-corrected chi connectivity index (χ1v) is 8.52. The fourth-order valence-electron chi connectivity index (χ4n) is 2.20. The predicted octanol–water partition coefficient (Wildman–Crippen LogP) is 1.93. The number of sulfonamides is 1. The van der Waals surface area contributed by atoms with Gasteiger partial charge in [-0.25, -0.2) is 13.1 Å². The lowest BCUT2D eigenvalue weighted by Crippen LogP contribution is -2.20. The minimum Gasteiger partial charge on any atom is -0.296 e. The standard InChI is InChI=1S/C16H21N3O2S/c1-13-5-4-10-18-16(13)12-19(3)11-14-6-8-15(9-7-14)22(20,21)17-2/h4-10,17H,11-12H2,1-3H3. The zero-order valence-corrected chi connectivity index (χ0v) is 13.9. The van der Waals surface area contributed by atoms with Gasteiger partial charge in [0.2, 0.25) is 10.0 Å². The van der Waals surface area contributed by atoms with Gasteiger partial charge in [-0.3, -0.25) is 9.88 Å². The normalized spacial score (nSPS) is 11.8. The van der Waals surface area contributed by atoms with Crippen molar-refractivity contribution in [1.29, 1.82) is 0 Å². The number of aryl methyl sites for hydroxylation is 1. The van der Waals surface area contributed by atoms with Crippen LogP contribution >= 0.6 is 0 Å². The molecule has 2 aromatic rings. The SMILES string of the molecule is CNS(=O)(=O)c1ccc(CN(C)Cc2ncccc2C)cc1. The summed E-state index contributed by atoms with van der Waals surface area (Å²) in [5.41, 5.74) is 3.29. The third-order valence-electron chi connectivity index (χ3n) is 3.49. The number of hydrogen-bond donors (Lipinski definition) is 1. The molecule has 1 N–H and O–H groups in total. The Morgan fingerprint density at radius 1 is 1.14 bits per heavy atom. The summed E-state index contributed by atoms with van der Waals surface area (Å²) in [4.78, 5) is 6.82. The number of nitrogens with one attached hydrogen (secondary N) is 1. The molecule has 0 saturated heterocycles. The van der Waals surface area contributed by atoms with Crippen LogP contribution in [0.25, 0.3) is 0 Å². The van der Waals surface area contributed by atoms with E-state index >= 15 is 0 Å². The molecule has 2 rings (SSSR count). The maximum Gasteiger partial charge on any atom is 0.240 e. The molecule has 0 spiro atoms. The van der Waals surface area contributed by atoms with Crippen molar-refractivity contribution in [3.05, 3.63) is 59.4 Å². The van der Waals surface area contributed by atoms with Gasteiger partial charge in [0.15, 0.2) is 0 Å². The third kappa shape index (κ3) is 4.13. The highest BCUT2D eigenvalue weighted by atomic mass is 32.2. The van der Waals surface area contributed by atoms with Gasteiger partial charge in [0.05, 0.1) is 10.6 Å². The fraction of sp³-hybridized carbons (Fsp3) is 0.312. The molecule has 0 aliphatic rings. The minimum atomic E-state index is -3.37. The Morgan fingerprint density at radius 3 is 2.41 bits per heavy atom. The van der Waals surface area contributed by atoms with Gasteiger partial charge in [0, 0.05) is 19.3 Å². The molecule has 0 aliphatic carbocycles. The van der Waals surface area contributed by atoms with Crippen LogP contribution in [0.3, 0.4) is 0 Å². The average molecular weight is 319 g/mol. The monoisotopic (exact) mass is 319 g/mol. The van der Waals surface area contributed by atoms with Gasteiger partial charge in [0.1, 0.15) is 0 Å². The summed E-state index contributed by atoms with van der Waals surface area (Å²) in [6.45, 7) is 3.53. The first-order valence-electron chi connectivity index (χ1n) is 7.04. The van der Waals surface area contributed by atoms with Gasteiger partial charge in [0.25, 0.3) is 0 Å². The third-order valence-corrected chi connectivity index (χ3v) is 4.92. The summed E-state index contributed by atoms with van der Waals surface area (Å²) < 4.78 is 25.7. The Bertz CT molecular complexity index is 727. The van der Waals surface area contributed by atoms with Crippen LogP contribution in [0, 0.1) is 6.92 Å². The molecule has 5 nitrogen and oxygen atoms in total. The van der Waals surface area contributed by atoms with E-state index in [0.29, 0.717) is 0 Å². The Kier molecular flexibility index (Phi) is 5.28. The van der Waals surface area contributed by atoms with Crippen molar-refractivity contribution in [1.82, 2.24) is 14.6 Å². The largest absolute Gasteiger partial charge is 0.296 e. The van der Waals surface area contributed by atoms with Crippen molar-refractivity contribution >= 4 is 10.0 Å². The molecule has 0 atom stereocenters. The van der Waals surface area contributed by atoms with Crippen molar-refractivity contribution in [2.75, 3.05) is 14.1 Å². The summed E-state index contributed by atoms with van der Waals surface area (Å²) in [6, 6.07) is 10.9. The Morgan fingerprint density at radius 2 is 1.82 bits per heavy atom. The fourth-order valence-corrected chi connectivity index (χ4v) is 2.93. The van der Waals surface area contributed by atoms with Gasteiger partial charge in [-0.15, -0.1) is 0 Å². The Hall–Kier alpha value is -1.76. The molecule has 1 aromatic carbocycles. The molecule has 0 bridgehead atoms. The lowest BCUT2D eigenvalue weighted by atomic mass is 10.2. The summed E-state index contributed by atoms with van der Waals surface area (Å²) in [5.74, 6) is 0. The summed E-state index contributed by atoms with van der Waals surface area (Å²) in [5, 5.41) is 0. The second kappa shape index (κ2) is 7.00. The van der Waals surface area contributed by atoms with E-state index in [1.807, 2.05) is 38.2 Å². The van der Waals surface area contributed by atoms with E-state index in [-0.39, 0.29) is 4.90 Å². The van der Waals surface area contributed by atoms with Crippen molar-refractivity contribution in [3.63, 3.8) is 0 Å². The molecular formula is C16H21N3O2S. The van der Waals surface area contributed by atoms with Crippen LogP contribution in [-0.2, 0) is 23.1 Å². The van der Waals surface area contributed by atoms with E-state index in [1.54, 1.807) is 18.3 Å². The first-order chi connectivity index (χ1) is 10.4. The highest BCUT2D eigenvalue weighted by Gasteiger charge is 2.11. The number of rotatable bonds is 6. The van der Waals surface area contributed by atoms with Crippen LogP contribution in [0.1, 0.15) is 16.8 Å². The minimum absolute atomic E-state index is 0.280. The van der Waals surface area contributed by atoms with E-state index in [1.165, 1.54) is 12.6 Å². The van der Waals surface area contributed by atoms with E-state index in [4.69, 9.17) is 0 Å². The van der Waals surface area contributed by atoms with Crippen molar-refractivity contribution in [2.24, 2.45) is 0 Å². The molecule has 0 radical (unpaired) electrons. The van der Waals surface area contributed by atoms with Gasteiger partial charge in [-0.1, -0.05) is 18.2 Å². The van der Waals surface area contributed by atoms with E-state index < -0.39 is 10.0 Å². The lowest BCUT2D eigenvalue weighted by Gasteiger charge is -2.17. The number of pyridine rings is 1. The van der Waals surface area contributed by atoms with Crippen LogP contribution in [0.15, 0.2) is 47.5 Å². The van der Waals surface area contributed by atoms with Gasteiger partial charge < -0.3 is 0 Å². The lowest BCUT2D eigenvalue weighted by molar-refractivity contribution is 0.314. The molecule has 6 heteroatoms. The molecule has 0 saturated carbocycles. The zero-order chi connectivity index (χ0) is 16.2. The molecule has 0 fully saturated rings. The van der Waals surface area contributed by atoms with Gasteiger partial charge >= 0.3 is 0 Å². The summed E-state index contributed by atoms with van der Waals surface area (Å²) in [7, 11) is 0.0580. The Labute approximate surface area is 132 Å². The van der Waals surface area contributed by atoms with Gasteiger partial charge in [-0.05, 0) is 50.3 Å². The maximum atomic E-state index is 11.7. The topological polar surface area (TPSA) is 62.3 Å². The number of hydrogen-bond acceptors (Lipinski definition) is 4. The molecule has 0 unspecified atom stereocenters. The number of benzene rings is 1. The molecule has 22 heavy (non-hydrogen) atoms. The maximum absolute atomic E-state index is 11.7. The van der Waals surface area contributed by atoms with Crippen LogP contribution in [0.5, 0.6) is 0 Å². The highest BCUT2D eigenvalue weighted by molar-refractivity contribution is 7.89. The van der Waals surface area contributed by atoms with Crippen LogP contribution in [0.4, 0.5) is 0 Å². The van der Waals surface area contributed by atoms with Crippen LogP contribution in [-0.4, -0.2) is 32.4 Å². The highest BCUT2D eigenvalue weighted by Crippen LogP contribution is 2.13. The first kappa shape index (κ1) is 16.6. The smallest absolute Gasteiger partial charge is 0.240 e. The predicted molar refractivity (Wildman–Crippen MR) is 86.8 cm³/mol. The van der Waals surface area contributed by atoms with E-state index in [0.717, 1.165) is 24.3 Å². The molecule has 0 amide bonds. The van der Waals surface area contributed by atoms with Crippen molar-refractivity contribution in [3.8, 4) is 0 Å². The molecule has 118 valence electrons. The van der Waals surface area contributed by atoms with E-state index in [2.05, 4.69) is 14.6 Å². The second-order valence-electron chi connectivity index (χ2n) is 5.29. The second-order valence-corrected chi connectivity index (χ2v) is 7.18.